The molecule has 3 saturated carbocycles. The highest BCUT2D eigenvalue weighted by molar-refractivity contribution is 5.75. The third-order valence-corrected chi connectivity index (χ3v) is 6.30. The number of halogens is 1. The topological polar surface area (TPSA) is 32.3 Å². The molecule has 0 radical (unpaired) electrons. The summed E-state index contributed by atoms with van der Waals surface area (Å²) in [6, 6.07) is 7.14. The predicted octanol–water partition coefficient (Wildman–Crippen LogP) is 4.32. The van der Waals surface area contributed by atoms with Crippen LogP contribution in [0.5, 0.6) is 0 Å². The fourth-order valence-corrected chi connectivity index (χ4v) is 4.83. The number of benzene rings is 1. The average molecular weight is 330 g/mol. The van der Waals surface area contributed by atoms with Crippen molar-refractivity contribution in [2.24, 2.45) is 17.8 Å². The maximum atomic E-state index is 13.1. The van der Waals surface area contributed by atoms with Crippen LogP contribution in [0.4, 0.5) is 9.18 Å². The van der Waals surface area contributed by atoms with E-state index in [9.17, 15) is 9.18 Å². The van der Waals surface area contributed by atoms with Gasteiger partial charge in [-0.25, -0.2) is 9.18 Å². The lowest BCUT2D eigenvalue weighted by Crippen LogP contribution is -2.47. The Morgan fingerprint density at radius 2 is 1.96 bits per heavy atom. The van der Waals surface area contributed by atoms with Crippen LogP contribution in [-0.2, 0) is 6.54 Å². The van der Waals surface area contributed by atoms with Crippen LogP contribution in [-0.4, -0.2) is 23.0 Å². The van der Waals surface area contributed by atoms with Gasteiger partial charge in [0.25, 0.3) is 0 Å². The Kier molecular flexibility index (Phi) is 4.23. The molecular formula is C20H27FN2O. The van der Waals surface area contributed by atoms with E-state index in [0.29, 0.717) is 18.5 Å². The largest absolute Gasteiger partial charge is 0.335 e. The highest BCUT2D eigenvalue weighted by Crippen LogP contribution is 2.49. The molecule has 0 aliphatic heterocycles. The molecule has 0 heterocycles. The van der Waals surface area contributed by atoms with E-state index in [2.05, 4.69) is 12.2 Å². The second-order valence-corrected chi connectivity index (χ2v) is 8.06. The SMILES string of the molecule is CC(NC(=O)N(Cc1ccc(F)cc1)C1CC1)C1CC2CCC1C2. The van der Waals surface area contributed by atoms with Crippen molar-refractivity contribution in [3.05, 3.63) is 35.6 Å². The van der Waals surface area contributed by atoms with Gasteiger partial charge in [-0.15, -0.1) is 0 Å². The van der Waals surface area contributed by atoms with Crippen LogP contribution in [0.15, 0.2) is 24.3 Å². The normalized spacial score (nSPS) is 29.5. The molecule has 3 nitrogen and oxygen atoms in total. The zero-order valence-electron chi connectivity index (χ0n) is 14.4. The molecule has 4 unspecified atom stereocenters. The minimum Gasteiger partial charge on any atom is -0.335 e. The van der Waals surface area contributed by atoms with E-state index >= 15 is 0 Å². The molecule has 1 aromatic carbocycles. The zero-order valence-corrected chi connectivity index (χ0v) is 14.4. The van der Waals surface area contributed by atoms with Crippen LogP contribution >= 0.6 is 0 Å². The van der Waals surface area contributed by atoms with E-state index in [-0.39, 0.29) is 17.9 Å². The van der Waals surface area contributed by atoms with Crippen molar-refractivity contribution < 1.29 is 9.18 Å². The second-order valence-electron chi connectivity index (χ2n) is 8.06. The number of rotatable bonds is 5. The van der Waals surface area contributed by atoms with Gasteiger partial charge in [-0.1, -0.05) is 18.6 Å². The van der Waals surface area contributed by atoms with Crippen LogP contribution in [0.3, 0.4) is 0 Å². The summed E-state index contributed by atoms with van der Waals surface area (Å²) >= 11 is 0. The summed E-state index contributed by atoms with van der Waals surface area (Å²) in [4.78, 5) is 14.8. The maximum Gasteiger partial charge on any atom is 0.318 e. The van der Waals surface area contributed by atoms with Crippen molar-refractivity contribution in [1.82, 2.24) is 10.2 Å². The summed E-state index contributed by atoms with van der Waals surface area (Å²) in [7, 11) is 0. The highest BCUT2D eigenvalue weighted by atomic mass is 19.1. The Morgan fingerprint density at radius 1 is 1.21 bits per heavy atom. The standard InChI is InChI=1S/C20H27FN2O/c1-13(19-11-15-2-5-16(19)10-15)22-20(24)23(18-8-9-18)12-14-3-6-17(21)7-4-14/h3-4,6-7,13,15-16,18-19H,2,5,8-12H2,1H3,(H,22,24). The van der Waals surface area contributed by atoms with Crippen molar-refractivity contribution in [2.75, 3.05) is 0 Å². The quantitative estimate of drug-likeness (QED) is 0.856. The Bertz CT molecular complexity index is 598. The summed E-state index contributed by atoms with van der Waals surface area (Å²) in [5.74, 6) is 2.14. The molecule has 2 amide bonds. The first kappa shape index (κ1) is 15.9. The number of nitrogens with zero attached hydrogens (tertiary/aromatic N) is 1. The van der Waals surface area contributed by atoms with Gasteiger partial charge >= 0.3 is 6.03 Å². The minimum absolute atomic E-state index is 0.0529. The number of carbonyl (C=O) groups excluding carboxylic acids is 1. The van der Waals surface area contributed by atoms with E-state index in [1.54, 1.807) is 12.1 Å². The number of amides is 2. The first-order valence-corrected chi connectivity index (χ1v) is 9.41. The molecule has 0 aromatic heterocycles. The van der Waals surface area contributed by atoms with Crippen LogP contribution < -0.4 is 5.32 Å². The number of hydrogen-bond donors (Lipinski definition) is 1. The third kappa shape index (κ3) is 3.28. The predicted molar refractivity (Wildman–Crippen MR) is 91.9 cm³/mol. The van der Waals surface area contributed by atoms with Crippen LogP contribution in [0.25, 0.3) is 0 Å². The number of hydrogen-bond acceptors (Lipinski definition) is 1. The van der Waals surface area contributed by atoms with E-state index < -0.39 is 0 Å². The third-order valence-electron chi connectivity index (χ3n) is 6.30. The lowest BCUT2D eigenvalue weighted by molar-refractivity contribution is 0.177. The number of fused-ring (bicyclic) bond motifs is 2. The maximum absolute atomic E-state index is 13.1. The van der Waals surface area contributed by atoms with Crippen LogP contribution in [0.1, 0.15) is 51.0 Å². The van der Waals surface area contributed by atoms with Gasteiger partial charge in [-0.05, 0) is 74.5 Å². The molecular weight excluding hydrogens is 303 g/mol. The first-order valence-electron chi connectivity index (χ1n) is 9.41. The summed E-state index contributed by atoms with van der Waals surface area (Å²) < 4.78 is 13.1. The number of carbonyl (C=O) groups is 1. The Labute approximate surface area is 143 Å². The van der Waals surface area contributed by atoms with Gasteiger partial charge in [0.2, 0.25) is 0 Å². The number of nitrogens with one attached hydrogen (secondary N) is 1. The molecule has 3 aliphatic rings. The van der Waals surface area contributed by atoms with Gasteiger partial charge < -0.3 is 10.2 Å². The molecule has 1 N–H and O–H groups in total. The highest BCUT2D eigenvalue weighted by Gasteiger charge is 2.43. The summed E-state index contributed by atoms with van der Waals surface area (Å²) in [5.41, 5.74) is 0.992. The summed E-state index contributed by atoms with van der Waals surface area (Å²) in [5, 5.41) is 3.27. The van der Waals surface area contributed by atoms with Crippen LogP contribution in [0.2, 0.25) is 0 Å². The van der Waals surface area contributed by atoms with E-state index in [1.807, 2.05) is 4.90 Å². The Balaban J connectivity index is 1.38. The molecule has 3 aliphatic carbocycles. The van der Waals surface area contributed by atoms with Crippen LogP contribution in [0, 0.1) is 23.6 Å². The summed E-state index contributed by atoms with van der Waals surface area (Å²) in [6.45, 7) is 2.74. The minimum atomic E-state index is -0.230. The lowest BCUT2D eigenvalue weighted by atomic mass is 9.84. The molecule has 0 spiro atoms. The smallest absolute Gasteiger partial charge is 0.318 e. The van der Waals surface area contributed by atoms with Crippen molar-refractivity contribution in [2.45, 2.75) is 64.1 Å². The molecule has 130 valence electrons. The lowest BCUT2D eigenvalue weighted by Gasteiger charge is -2.31. The average Bonchev–Trinajstić information content (AvgIpc) is 3.18. The fraction of sp³-hybridized carbons (Fsp3) is 0.650. The van der Waals surface area contributed by atoms with Gasteiger partial charge in [-0.2, -0.15) is 0 Å². The molecule has 1 aromatic rings. The van der Waals surface area contributed by atoms with Gasteiger partial charge in [0, 0.05) is 18.6 Å². The molecule has 4 rings (SSSR count). The first-order chi connectivity index (χ1) is 11.6. The second kappa shape index (κ2) is 6.38. The van der Waals surface area contributed by atoms with Gasteiger partial charge in [0.05, 0.1) is 0 Å². The van der Waals surface area contributed by atoms with E-state index in [1.165, 1.54) is 37.8 Å². The summed E-state index contributed by atoms with van der Waals surface area (Å²) in [6.07, 6.45) is 7.55. The molecule has 4 heteroatoms. The molecule has 24 heavy (non-hydrogen) atoms. The van der Waals surface area contributed by atoms with Crippen molar-refractivity contribution in [1.29, 1.82) is 0 Å². The van der Waals surface area contributed by atoms with Gasteiger partial charge in [0.1, 0.15) is 5.82 Å². The molecule has 4 atom stereocenters. The molecule has 2 bridgehead atoms. The molecule has 3 fully saturated rings. The van der Waals surface area contributed by atoms with E-state index in [0.717, 1.165) is 30.2 Å². The molecule has 0 saturated heterocycles. The number of urea groups is 1. The van der Waals surface area contributed by atoms with E-state index in [4.69, 9.17) is 0 Å². The van der Waals surface area contributed by atoms with Crippen molar-refractivity contribution in [3.8, 4) is 0 Å². The fourth-order valence-electron chi connectivity index (χ4n) is 4.83. The van der Waals surface area contributed by atoms with Crippen molar-refractivity contribution >= 4 is 6.03 Å². The van der Waals surface area contributed by atoms with Gasteiger partial charge in [0.15, 0.2) is 0 Å². The van der Waals surface area contributed by atoms with Gasteiger partial charge in [-0.3, -0.25) is 0 Å². The Hall–Kier alpha value is -1.58. The van der Waals surface area contributed by atoms with Crippen molar-refractivity contribution in [3.63, 3.8) is 0 Å². The monoisotopic (exact) mass is 330 g/mol. The Morgan fingerprint density at radius 3 is 2.54 bits per heavy atom. The zero-order chi connectivity index (χ0) is 16.7.